The van der Waals surface area contributed by atoms with E-state index in [2.05, 4.69) is 25.5 Å². The first kappa shape index (κ1) is 21.4. The van der Waals surface area contributed by atoms with Gasteiger partial charge in [-0.2, -0.15) is 0 Å². The van der Waals surface area contributed by atoms with Crippen LogP contribution in [0, 0.1) is 11.8 Å². The number of hydrogen-bond donors (Lipinski definition) is 1. The fraction of sp³-hybridized carbons (Fsp3) is 0.833. The molecule has 1 N–H and O–H groups in total. The van der Waals surface area contributed by atoms with Crippen molar-refractivity contribution in [1.82, 2.24) is 4.72 Å². The average Bonchev–Trinajstić information content (AvgIpc) is 2.45. The van der Waals surface area contributed by atoms with Crippen LogP contribution >= 0.6 is 0 Å². The van der Waals surface area contributed by atoms with Gasteiger partial charge in [-0.1, -0.05) is 59.5 Å². The van der Waals surface area contributed by atoms with Crippen LogP contribution in [0.15, 0.2) is 11.6 Å². The molecular weight excluding hydrogens is 294 g/mol. The molecule has 3 nitrogen and oxygen atoms in total. The lowest BCUT2D eigenvalue weighted by Gasteiger charge is -2.18. The third-order valence-electron chi connectivity index (χ3n) is 4.34. The molecule has 0 aliphatic heterocycles. The Kier molecular flexibility index (Phi) is 11.5. The number of allylic oxidation sites excluding steroid dienone is 1. The highest BCUT2D eigenvalue weighted by Crippen LogP contribution is 2.24. The van der Waals surface area contributed by atoms with Gasteiger partial charge in [0.15, 0.2) is 0 Å². The van der Waals surface area contributed by atoms with Crippen molar-refractivity contribution in [2.45, 2.75) is 85.3 Å². The molecule has 0 heterocycles. The van der Waals surface area contributed by atoms with Crippen LogP contribution in [0.1, 0.15) is 80.1 Å². The van der Waals surface area contributed by atoms with Crippen LogP contribution in [-0.4, -0.2) is 15.4 Å². The highest BCUT2D eigenvalue weighted by Gasteiger charge is 2.20. The van der Waals surface area contributed by atoms with Gasteiger partial charge in [0.05, 0.1) is 5.25 Å². The molecule has 0 aromatic heterocycles. The minimum atomic E-state index is -1.29. The number of amides is 1. The molecule has 1 aliphatic rings. The Morgan fingerprint density at radius 2 is 1.86 bits per heavy atom. The Hall–Kier alpha value is -0.640. The SMILES string of the molecule is CC/C=C(\C)C(=O)NS(=O)C(C)C(C)CCC.CC1CCC1. The molecular formula is C18H35NO2S. The van der Waals surface area contributed by atoms with E-state index in [1.807, 2.05) is 19.9 Å². The highest BCUT2D eigenvalue weighted by molar-refractivity contribution is 7.84. The van der Waals surface area contributed by atoms with Crippen molar-refractivity contribution >= 4 is 16.9 Å². The van der Waals surface area contributed by atoms with Gasteiger partial charge in [0.2, 0.25) is 0 Å². The highest BCUT2D eigenvalue weighted by atomic mass is 32.2. The number of hydrogen-bond acceptors (Lipinski definition) is 2. The van der Waals surface area contributed by atoms with Crippen molar-refractivity contribution in [2.75, 3.05) is 0 Å². The molecule has 130 valence electrons. The number of carbonyl (C=O) groups is 1. The predicted molar refractivity (Wildman–Crippen MR) is 96.9 cm³/mol. The van der Waals surface area contributed by atoms with Crippen LogP contribution in [0.3, 0.4) is 0 Å². The summed E-state index contributed by atoms with van der Waals surface area (Å²) < 4.78 is 14.5. The molecule has 22 heavy (non-hydrogen) atoms. The molecule has 1 rings (SSSR count). The van der Waals surface area contributed by atoms with E-state index in [1.165, 1.54) is 19.3 Å². The van der Waals surface area contributed by atoms with Crippen molar-refractivity contribution < 1.29 is 9.00 Å². The summed E-state index contributed by atoms with van der Waals surface area (Å²) in [6.45, 7) is 12.1. The predicted octanol–water partition coefficient (Wildman–Crippen LogP) is 4.75. The largest absolute Gasteiger partial charge is 0.271 e. The fourth-order valence-electron chi connectivity index (χ4n) is 2.18. The van der Waals surface area contributed by atoms with Crippen LogP contribution in [0.5, 0.6) is 0 Å². The summed E-state index contributed by atoms with van der Waals surface area (Å²) in [6.07, 6.45) is 9.22. The minimum Gasteiger partial charge on any atom is -0.271 e. The van der Waals surface area contributed by atoms with Gasteiger partial charge >= 0.3 is 0 Å². The first-order valence-electron chi connectivity index (χ1n) is 8.71. The third kappa shape index (κ3) is 8.72. The van der Waals surface area contributed by atoms with E-state index in [0.29, 0.717) is 11.5 Å². The lowest BCUT2D eigenvalue weighted by Crippen LogP contribution is -2.35. The molecule has 3 unspecified atom stereocenters. The van der Waals surface area contributed by atoms with Crippen LogP contribution in [0.4, 0.5) is 0 Å². The van der Waals surface area contributed by atoms with E-state index in [4.69, 9.17) is 0 Å². The molecule has 0 bridgehead atoms. The van der Waals surface area contributed by atoms with Gasteiger partial charge < -0.3 is 0 Å². The van der Waals surface area contributed by atoms with Gasteiger partial charge in [0.1, 0.15) is 11.0 Å². The summed E-state index contributed by atoms with van der Waals surface area (Å²) in [5, 5.41) is -0.00618. The molecule has 4 heteroatoms. The monoisotopic (exact) mass is 329 g/mol. The summed E-state index contributed by atoms with van der Waals surface area (Å²) in [7, 11) is -1.29. The quantitative estimate of drug-likeness (QED) is 0.685. The van der Waals surface area contributed by atoms with Gasteiger partial charge in [-0.25, -0.2) is 4.21 Å². The topological polar surface area (TPSA) is 46.2 Å². The normalized spacial score (nSPS) is 19.3. The summed E-state index contributed by atoms with van der Waals surface area (Å²) in [4.78, 5) is 11.7. The Morgan fingerprint density at radius 1 is 1.32 bits per heavy atom. The summed E-state index contributed by atoms with van der Waals surface area (Å²) >= 11 is 0. The molecule has 1 fully saturated rings. The molecule has 1 amide bonds. The second kappa shape index (κ2) is 11.9. The summed E-state index contributed by atoms with van der Waals surface area (Å²) in [6, 6.07) is 0. The molecule has 0 radical (unpaired) electrons. The molecule has 0 spiro atoms. The van der Waals surface area contributed by atoms with Crippen molar-refractivity contribution in [3.05, 3.63) is 11.6 Å². The number of rotatable bonds is 7. The molecule has 3 atom stereocenters. The maximum atomic E-state index is 11.9. The zero-order chi connectivity index (χ0) is 17.1. The second-order valence-electron chi connectivity index (χ2n) is 6.53. The van der Waals surface area contributed by atoms with Crippen molar-refractivity contribution in [1.29, 1.82) is 0 Å². The van der Waals surface area contributed by atoms with Crippen molar-refractivity contribution in [2.24, 2.45) is 11.8 Å². The second-order valence-corrected chi connectivity index (χ2v) is 8.07. The van der Waals surface area contributed by atoms with Gasteiger partial charge in [-0.3, -0.25) is 9.52 Å². The Bertz CT molecular complexity index is 375. The lowest BCUT2D eigenvalue weighted by atomic mass is 9.88. The van der Waals surface area contributed by atoms with E-state index < -0.39 is 11.0 Å². The molecule has 1 aliphatic carbocycles. The molecule has 0 aromatic rings. The molecule has 0 saturated heterocycles. The van der Waals surface area contributed by atoms with Gasteiger partial charge in [-0.05, 0) is 38.5 Å². The van der Waals surface area contributed by atoms with Crippen LogP contribution in [0.25, 0.3) is 0 Å². The van der Waals surface area contributed by atoms with E-state index in [0.717, 1.165) is 25.2 Å². The Labute approximate surface area is 139 Å². The van der Waals surface area contributed by atoms with Crippen LogP contribution in [0.2, 0.25) is 0 Å². The smallest absolute Gasteiger partial charge is 0.258 e. The average molecular weight is 330 g/mol. The number of nitrogens with one attached hydrogen (secondary N) is 1. The maximum Gasteiger partial charge on any atom is 0.258 e. The van der Waals surface area contributed by atoms with E-state index in [-0.39, 0.29) is 11.2 Å². The summed E-state index contributed by atoms with van der Waals surface area (Å²) in [5.74, 6) is 1.20. The number of carbonyl (C=O) groups excluding carboxylic acids is 1. The van der Waals surface area contributed by atoms with Crippen molar-refractivity contribution in [3.8, 4) is 0 Å². The zero-order valence-corrected chi connectivity index (χ0v) is 16.1. The lowest BCUT2D eigenvalue weighted by molar-refractivity contribution is -0.115. The Balaban J connectivity index is 0.000000734. The standard InChI is InChI=1S/C13H25NO2S.C5H10/c1-6-8-10(3)12(5)17(16)14-13(15)11(4)9-7-2;1-5-3-2-4-5/h9-10,12H,6-8H2,1-5H3,(H,14,15);5H,2-4H2,1H3/b11-9+;. The molecule has 0 aromatic carbocycles. The zero-order valence-electron chi connectivity index (χ0n) is 15.3. The Morgan fingerprint density at radius 3 is 2.23 bits per heavy atom. The summed E-state index contributed by atoms with van der Waals surface area (Å²) in [5.41, 5.74) is 0.635. The van der Waals surface area contributed by atoms with Gasteiger partial charge in [-0.15, -0.1) is 0 Å². The van der Waals surface area contributed by atoms with Crippen LogP contribution < -0.4 is 4.72 Å². The van der Waals surface area contributed by atoms with E-state index >= 15 is 0 Å². The van der Waals surface area contributed by atoms with Gasteiger partial charge in [0.25, 0.3) is 5.91 Å². The first-order valence-corrected chi connectivity index (χ1v) is 9.92. The third-order valence-corrected chi connectivity index (χ3v) is 5.87. The van der Waals surface area contributed by atoms with Crippen molar-refractivity contribution in [3.63, 3.8) is 0 Å². The van der Waals surface area contributed by atoms with Crippen LogP contribution in [-0.2, 0) is 15.8 Å². The van der Waals surface area contributed by atoms with E-state index in [9.17, 15) is 9.00 Å². The first-order chi connectivity index (χ1) is 10.3. The van der Waals surface area contributed by atoms with E-state index in [1.54, 1.807) is 6.92 Å². The minimum absolute atomic E-state index is 0.00618. The van der Waals surface area contributed by atoms with Gasteiger partial charge in [0, 0.05) is 5.57 Å². The fourth-order valence-corrected chi connectivity index (χ4v) is 3.26. The maximum absolute atomic E-state index is 11.9. The molecule has 1 saturated carbocycles.